The lowest BCUT2D eigenvalue weighted by molar-refractivity contribution is -0.119. The molecule has 0 bridgehead atoms. The number of benzene rings is 12. The molecule has 21 rings (SSSR count). The molecule has 686 valence electrons. The minimum absolute atomic E-state index is 0.0321. The zero-order valence-corrected chi connectivity index (χ0v) is 78.3. The summed E-state index contributed by atoms with van der Waals surface area (Å²) in [5.74, 6) is 1.14. The Labute approximate surface area is 815 Å². The number of halogens is 9. The second-order valence-corrected chi connectivity index (χ2v) is 36.5. The molecule has 1 saturated heterocycles. The predicted molar refractivity (Wildman–Crippen MR) is 530 cm³/mol. The van der Waals surface area contributed by atoms with Gasteiger partial charge in [-0.25, -0.2) is 23.6 Å². The molecule has 16 aromatic rings. The number of carbonyl (C=O) groups is 5. The summed E-state index contributed by atoms with van der Waals surface area (Å²) in [4.78, 5) is 86.0. The summed E-state index contributed by atoms with van der Waals surface area (Å²) in [6.07, 6.45) is 2.88. The van der Waals surface area contributed by atoms with Crippen LogP contribution in [0.2, 0.25) is 40.2 Å². The highest BCUT2D eigenvalue weighted by Gasteiger charge is 2.41. The van der Waals surface area contributed by atoms with E-state index in [0.717, 1.165) is 137 Å². The van der Waals surface area contributed by atoms with E-state index < -0.39 is 36.5 Å². The summed E-state index contributed by atoms with van der Waals surface area (Å²) in [7, 11) is 1.47. The zero-order chi connectivity index (χ0) is 93.7. The average molecular weight is 1970 g/mol. The number of carbonyl (C=O) groups excluding carboxylic acids is 5. The molecule has 8 N–H and O–H groups in total. The SMILES string of the molecule is COCC(=O)Nc1ccc(C2c3[nH]c4ccc(Cl)cc4c3CCN2C(=O)Oc2ccc(Cl)cc2)cc1.Nc1ccc(C2c3[nH]c4ccc(Cl)cc4c3CCN2C(=O)Oc2ccc(Cl)cc2)cc1.O=C(Oc1ccc(Cl)cc1)N1CCc2c([nH]c3ccc(Cl)cc23)C1c1ccc(F)cc1.O=C(Oc1ccc(Cl)cc1)N1CCc2c([nH]c3ccc(Cl)cc23)C1c1ccc(NC2CCOCC2)cc1. The second-order valence-electron chi connectivity index (χ2n) is 33.0. The van der Waals surface area contributed by atoms with Crippen molar-refractivity contribution >= 4 is 184 Å². The monoisotopic (exact) mass is 1960 g/mol. The molecular formula is C104H86Cl8FN11O11. The molecule has 4 unspecified atom stereocenters. The number of nitrogens with zero attached hydrogens (tertiary/aromatic N) is 4. The maximum Gasteiger partial charge on any atom is 0.416 e. The van der Waals surface area contributed by atoms with Crippen LogP contribution in [-0.2, 0) is 40.0 Å². The number of nitrogens with one attached hydrogen (secondary N) is 6. The summed E-state index contributed by atoms with van der Waals surface area (Å²) >= 11 is 48.9. The Hall–Kier alpha value is -12.9. The Morgan fingerprint density at radius 3 is 0.919 bits per heavy atom. The number of methoxy groups -OCH3 is 1. The summed E-state index contributed by atoms with van der Waals surface area (Å²) in [5.41, 5.74) is 24.0. The number of rotatable bonds is 13. The molecule has 9 heterocycles. The standard InChI is InChI=1S/C29H27Cl2N3O3.C27H23Cl2N3O4.C24H17Cl2FN2O2.C24H19Cl2N3O2/c30-19-3-8-23(9-4-19)37-29(35)34-14-11-24-25-17-20(31)5-10-26(25)33-27(24)28(34)18-1-6-21(7-2-18)32-22-12-15-36-16-13-22;1-35-15-24(33)30-19-7-2-16(3-8-19)26-25-21(22-14-18(29)6-11-23(22)31-25)12-13-32(26)27(34)36-20-9-4-17(28)5-10-20;2*25-15-3-8-18(9-4-15)31-24(30)29-12-11-19-20-13-16(26)5-10-21(20)28-22(19)23(29)14-1-6-17(27)7-2-14/h1-10,17,22,28,32-33H,11-16H2;2-11,14,26,31H,12-13,15H2,1H3,(H,30,33);1-10,13,23,28H,11-12H2;1-10,13,23,28H,11-12,27H2. The first-order valence-electron chi connectivity index (χ1n) is 43.6. The van der Waals surface area contributed by atoms with Crippen LogP contribution in [0.25, 0.3) is 43.6 Å². The Balaban J connectivity index is 0.000000120. The Bertz CT molecular complexity index is 6850. The van der Waals surface area contributed by atoms with Crippen LogP contribution in [0.5, 0.6) is 23.0 Å². The molecule has 4 atom stereocenters. The third-order valence-electron chi connectivity index (χ3n) is 24.4. The number of aromatic nitrogens is 4. The lowest BCUT2D eigenvalue weighted by Gasteiger charge is -2.35. The van der Waals surface area contributed by atoms with Gasteiger partial charge in [0.2, 0.25) is 5.91 Å². The molecule has 0 saturated carbocycles. The van der Waals surface area contributed by atoms with Gasteiger partial charge in [-0.15, -0.1) is 0 Å². The summed E-state index contributed by atoms with van der Waals surface area (Å²) in [6, 6.07) is 78.2. The van der Waals surface area contributed by atoms with E-state index in [4.69, 9.17) is 127 Å². The van der Waals surface area contributed by atoms with Gasteiger partial charge in [-0.05, 0) is 301 Å². The second kappa shape index (κ2) is 41.1. The molecule has 0 radical (unpaired) electrons. The third kappa shape index (κ3) is 21.0. The first-order chi connectivity index (χ1) is 65.5. The van der Waals surface area contributed by atoms with Gasteiger partial charge < -0.3 is 64.7 Å². The molecule has 5 aliphatic heterocycles. The van der Waals surface area contributed by atoms with Crippen LogP contribution in [0.3, 0.4) is 0 Å². The highest BCUT2D eigenvalue weighted by molar-refractivity contribution is 6.33. The van der Waals surface area contributed by atoms with Crippen molar-refractivity contribution in [3.63, 3.8) is 0 Å². The van der Waals surface area contributed by atoms with Crippen molar-refractivity contribution in [1.29, 1.82) is 0 Å². The van der Waals surface area contributed by atoms with Gasteiger partial charge in [-0.1, -0.05) is 141 Å². The van der Waals surface area contributed by atoms with Gasteiger partial charge in [0.05, 0.1) is 0 Å². The lowest BCUT2D eigenvalue weighted by atomic mass is 9.92. The quantitative estimate of drug-likeness (QED) is 0.0530. The van der Waals surface area contributed by atoms with Gasteiger partial charge in [0.25, 0.3) is 0 Å². The van der Waals surface area contributed by atoms with E-state index in [-0.39, 0.29) is 30.4 Å². The van der Waals surface area contributed by atoms with Gasteiger partial charge in [0.15, 0.2) is 0 Å². The van der Waals surface area contributed by atoms with Crippen molar-refractivity contribution < 1.29 is 56.8 Å². The fraction of sp³-hybridized carbons (Fsp3) is 0.183. The number of nitrogen functional groups attached to an aromatic ring is 1. The number of anilines is 3. The Morgan fingerprint density at radius 2 is 0.630 bits per heavy atom. The molecule has 4 aromatic heterocycles. The number of hydrogen-bond acceptors (Lipinski definition) is 13. The van der Waals surface area contributed by atoms with Crippen molar-refractivity contribution in [2.75, 3.05) is 69.5 Å². The number of amides is 5. The molecule has 31 heteroatoms. The van der Waals surface area contributed by atoms with Crippen LogP contribution < -0.4 is 35.3 Å². The van der Waals surface area contributed by atoms with Gasteiger partial charge in [-0.3, -0.25) is 24.4 Å². The van der Waals surface area contributed by atoms with Gasteiger partial charge in [-0.2, -0.15) is 0 Å². The molecule has 12 aromatic carbocycles. The highest BCUT2D eigenvalue weighted by atomic mass is 35.5. The predicted octanol–water partition coefficient (Wildman–Crippen LogP) is 26.4. The smallest absolute Gasteiger partial charge is 0.410 e. The van der Waals surface area contributed by atoms with E-state index in [1.165, 1.54) is 24.8 Å². The first-order valence-corrected chi connectivity index (χ1v) is 46.6. The lowest BCUT2D eigenvalue weighted by Crippen LogP contribution is -2.42. The van der Waals surface area contributed by atoms with E-state index >= 15 is 0 Å². The Morgan fingerprint density at radius 1 is 0.363 bits per heavy atom. The van der Waals surface area contributed by atoms with Crippen LogP contribution >= 0.6 is 92.8 Å². The van der Waals surface area contributed by atoms with Crippen molar-refractivity contribution in [3.8, 4) is 23.0 Å². The average Bonchev–Trinajstić information content (AvgIpc) is 1.62. The molecule has 0 spiro atoms. The number of H-pyrrole nitrogens is 4. The van der Waals surface area contributed by atoms with Crippen molar-refractivity contribution in [3.05, 3.63) is 380 Å². The van der Waals surface area contributed by atoms with E-state index in [9.17, 15) is 28.4 Å². The van der Waals surface area contributed by atoms with Gasteiger partial charge >= 0.3 is 24.4 Å². The van der Waals surface area contributed by atoms with E-state index in [2.05, 4.69) is 54.8 Å². The maximum atomic E-state index is 13.6. The topological polar surface area (TPSA) is 267 Å². The van der Waals surface area contributed by atoms with Crippen molar-refractivity contribution in [2.24, 2.45) is 0 Å². The van der Waals surface area contributed by atoms with Gasteiger partial charge in [0.1, 0.15) is 59.6 Å². The molecule has 5 amide bonds. The Kier molecular flexibility index (Phi) is 28.2. The van der Waals surface area contributed by atoms with Crippen molar-refractivity contribution in [1.82, 2.24) is 39.5 Å². The summed E-state index contributed by atoms with van der Waals surface area (Å²) < 4.78 is 46.7. The van der Waals surface area contributed by atoms with Crippen LogP contribution in [-0.4, -0.2) is 129 Å². The summed E-state index contributed by atoms with van der Waals surface area (Å²) in [6.45, 7) is 3.47. The van der Waals surface area contributed by atoms with E-state index in [0.29, 0.717) is 132 Å². The van der Waals surface area contributed by atoms with Crippen LogP contribution in [0.15, 0.2) is 267 Å². The minimum Gasteiger partial charge on any atom is -0.410 e. The molecule has 1 fully saturated rings. The van der Waals surface area contributed by atoms with Crippen LogP contribution in [0.1, 0.15) is 104 Å². The fourth-order valence-electron chi connectivity index (χ4n) is 18.1. The van der Waals surface area contributed by atoms with E-state index in [1.54, 1.807) is 141 Å². The molecule has 22 nitrogen and oxygen atoms in total. The maximum absolute atomic E-state index is 13.6. The van der Waals surface area contributed by atoms with Gasteiger partial charge in [0, 0.05) is 176 Å². The minimum atomic E-state index is -0.487. The normalized spacial score (nSPS) is 16.1. The first kappa shape index (κ1) is 92.6. The largest absolute Gasteiger partial charge is 0.416 e. The number of fused-ring (bicyclic) bond motifs is 12. The number of hydrogen-bond donors (Lipinski definition) is 7. The number of aromatic amines is 4. The number of ether oxygens (including phenoxy) is 6. The zero-order valence-electron chi connectivity index (χ0n) is 72.2. The molecule has 135 heavy (non-hydrogen) atoms. The van der Waals surface area contributed by atoms with E-state index in [1.807, 2.05) is 109 Å². The molecule has 5 aliphatic rings. The fourth-order valence-corrected chi connectivity index (χ4v) is 19.3. The summed E-state index contributed by atoms with van der Waals surface area (Å²) in [5, 5.41) is 15.6. The highest BCUT2D eigenvalue weighted by Crippen LogP contribution is 2.46. The number of nitrogens with two attached hydrogens (primary N) is 1. The third-order valence-corrected chi connectivity index (χ3v) is 26.4. The molecular weight excluding hydrogens is 1880 g/mol. The van der Waals surface area contributed by atoms with Crippen LogP contribution in [0, 0.1) is 5.82 Å². The van der Waals surface area contributed by atoms with Crippen LogP contribution in [0.4, 0.5) is 40.6 Å². The van der Waals surface area contributed by atoms with Crippen molar-refractivity contribution in [2.45, 2.75) is 68.7 Å². The molecule has 0 aliphatic carbocycles.